The van der Waals surface area contributed by atoms with Crippen LogP contribution in [-0.2, 0) is 23.3 Å². The van der Waals surface area contributed by atoms with Crippen LogP contribution in [0.4, 0.5) is 0 Å². The second-order valence-electron chi connectivity index (χ2n) is 3.08. The number of rotatable bonds is 2. The SMILES string of the molecule is CCCC1=CC[C-]=C1.[C-]1=CC=CC1.[CH3-].[CH3-].[SiH2]=[Zr]. The van der Waals surface area contributed by atoms with Crippen molar-refractivity contribution in [3.63, 3.8) is 0 Å². The van der Waals surface area contributed by atoms with Crippen LogP contribution in [0.1, 0.15) is 32.6 Å². The average Bonchev–Trinajstić information content (AvgIpc) is 2.97. The Kier molecular flexibility index (Phi) is 24.1. The first kappa shape index (κ1) is 22.3. The maximum atomic E-state index is 3.14. The van der Waals surface area contributed by atoms with E-state index in [1.807, 2.05) is 19.0 Å². The van der Waals surface area contributed by atoms with Gasteiger partial charge in [-0.25, -0.2) is 23.8 Å². The quantitative estimate of drug-likeness (QED) is 0.536. The van der Waals surface area contributed by atoms with Gasteiger partial charge >= 0.3 is 30.2 Å². The molecule has 2 heteroatoms. The Morgan fingerprint density at radius 3 is 2.24 bits per heavy atom. The first-order chi connectivity index (χ1) is 7.43. The molecule has 2 rings (SSSR count). The summed E-state index contributed by atoms with van der Waals surface area (Å²) in [5, 5.41) is 0. The maximum absolute atomic E-state index is 3.14. The normalized spacial score (nSPS) is 13.3. The Bertz CT molecular complexity index is 252. The summed E-state index contributed by atoms with van der Waals surface area (Å²) in [6, 6.07) is 0. The van der Waals surface area contributed by atoms with E-state index in [0.29, 0.717) is 0 Å². The third-order valence-corrected chi connectivity index (χ3v) is 1.89. The van der Waals surface area contributed by atoms with Gasteiger partial charge in [-0.15, -0.1) is 12.8 Å². The van der Waals surface area contributed by atoms with Crippen molar-refractivity contribution in [3.8, 4) is 0 Å². The van der Waals surface area contributed by atoms with Gasteiger partial charge in [-0.1, -0.05) is 19.8 Å². The van der Waals surface area contributed by atoms with E-state index in [1.165, 1.54) is 18.4 Å². The monoisotopic (exact) mass is 322 g/mol. The van der Waals surface area contributed by atoms with Gasteiger partial charge in [-0.2, -0.15) is 12.2 Å². The van der Waals surface area contributed by atoms with E-state index < -0.39 is 0 Å². The summed E-state index contributed by atoms with van der Waals surface area (Å²) < 4.78 is 0. The molecule has 0 aromatic carbocycles. The third kappa shape index (κ3) is 14.0. The van der Waals surface area contributed by atoms with E-state index in [-0.39, 0.29) is 14.9 Å². The van der Waals surface area contributed by atoms with E-state index in [9.17, 15) is 0 Å². The molecule has 0 saturated carbocycles. The van der Waals surface area contributed by atoms with Crippen molar-refractivity contribution in [1.82, 2.24) is 0 Å². The van der Waals surface area contributed by atoms with Crippen LogP contribution in [0, 0.1) is 27.0 Å². The second-order valence-corrected chi connectivity index (χ2v) is 3.08. The summed E-state index contributed by atoms with van der Waals surface area (Å²) in [5.41, 5.74) is 1.47. The summed E-state index contributed by atoms with van der Waals surface area (Å²) in [6.07, 6.45) is 21.0. The fraction of sp³-hybridized carbons (Fsp3) is 0.333. The first-order valence-electron chi connectivity index (χ1n) is 5.26. The van der Waals surface area contributed by atoms with Crippen LogP contribution in [0.25, 0.3) is 0 Å². The predicted molar refractivity (Wildman–Crippen MR) is 78.4 cm³/mol. The van der Waals surface area contributed by atoms with Crippen molar-refractivity contribution >= 4 is 6.88 Å². The Hall–Kier alpha value is 0.0600. The fourth-order valence-corrected chi connectivity index (χ4v) is 1.24. The average molecular weight is 324 g/mol. The van der Waals surface area contributed by atoms with Crippen molar-refractivity contribution in [2.45, 2.75) is 32.6 Å². The van der Waals surface area contributed by atoms with Gasteiger partial charge in [0.05, 0.1) is 0 Å². The molecule has 96 valence electrons. The van der Waals surface area contributed by atoms with E-state index in [1.54, 1.807) is 23.3 Å². The van der Waals surface area contributed by atoms with Gasteiger partial charge in [-0.05, 0) is 0 Å². The van der Waals surface area contributed by atoms with E-state index in [0.717, 1.165) is 12.8 Å². The number of hydrogen-bond donors (Lipinski definition) is 0. The van der Waals surface area contributed by atoms with Crippen molar-refractivity contribution in [2.24, 2.45) is 0 Å². The van der Waals surface area contributed by atoms with Gasteiger partial charge in [-0.3, -0.25) is 12.2 Å². The molecule has 0 aliphatic heterocycles. The molecule has 0 amide bonds. The van der Waals surface area contributed by atoms with Gasteiger partial charge in [0.1, 0.15) is 0 Å². The zero-order valence-electron chi connectivity index (χ0n) is 11.4. The van der Waals surface area contributed by atoms with Crippen LogP contribution < -0.4 is 0 Å². The Labute approximate surface area is 125 Å². The van der Waals surface area contributed by atoms with Crippen molar-refractivity contribution in [2.75, 3.05) is 0 Å². The predicted octanol–water partition coefficient (Wildman–Crippen LogP) is 3.76. The molecule has 0 nitrogen and oxygen atoms in total. The molecule has 0 aromatic rings. The molecule has 0 radical (unpaired) electrons. The minimum atomic E-state index is 0. The number of allylic oxidation sites excluding steroid dienone is 8. The molecule has 0 saturated heterocycles. The van der Waals surface area contributed by atoms with Gasteiger partial charge in [0.25, 0.3) is 0 Å². The van der Waals surface area contributed by atoms with E-state index >= 15 is 0 Å². The molecule has 2 aliphatic carbocycles. The zero-order valence-corrected chi connectivity index (χ0v) is 15.3. The second kappa shape index (κ2) is 18.4. The Balaban J connectivity index is -0.000000192. The molecule has 17 heavy (non-hydrogen) atoms. The van der Waals surface area contributed by atoms with Gasteiger partial charge in [0.2, 0.25) is 0 Å². The van der Waals surface area contributed by atoms with Crippen LogP contribution in [0.3, 0.4) is 0 Å². The van der Waals surface area contributed by atoms with Gasteiger partial charge in [0.15, 0.2) is 0 Å². The third-order valence-electron chi connectivity index (χ3n) is 1.89. The molecular weight excluding hydrogens is 299 g/mol. The molecule has 0 bridgehead atoms. The molecule has 0 unspecified atom stereocenters. The van der Waals surface area contributed by atoms with Gasteiger partial charge < -0.3 is 14.9 Å². The summed E-state index contributed by atoms with van der Waals surface area (Å²) in [6.45, 7) is 4.15. The summed E-state index contributed by atoms with van der Waals surface area (Å²) >= 11 is 1.58. The van der Waals surface area contributed by atoms with Crippen molar-refractivity contribution < 1.29 is 23.3 Å². The zero-order chi connectivity index (χ0) is 11.4. The van der Waals surface area contributed by atoms with E-state index in [2.05, 4.69) is 37.3 Å². The van der Waals surface area contributed by atoms with Crippen LogP contribution in [0.15, 0.2) is 36.0 Å². The summed E-state index contributed by atoms with van der Waals surface area (Å²) in [5.74, 6) is 0. The van der Waals surface area contributed by atoms with Crippen LogP contribution in [0.2, 0.25) is 0 Å². The molecule has 0 heterocycles. The molecule has 0 aromatic heterocycles. The first-order valence-corrected chi connectivity index (χ1v) is 11.2. The standard InChI is InChI=1S/C8H11.C5H5.2CH3.H2Si.Zr/c1-2-5-8-6-3-4-7-8;1-2-4-5-3-1;;;;/h6-7H,2-3,5H2,1H3;1-3H,4H2;2*1H3;1H2;/q4*-1;;. The molecule has 0 atom stereocenters. The molecule has 0 N–H and O–H groups in total. The van der Waals surface area contributed by atoms with Crippen LogP contribution in [-0.4, -0.2) is 6.88 Å². The number of hydrogen-bond acceptors (Lipinski definition) is 0. The molecular formula is C15H24SiZr-4. The van der Waals surface area contributed by atoms with Crippen molar-refractivity contribution in [3.05, 3.63) is 63.0 Å². The Morgan fingerprint density at radius 1 is 1.24 bits per heavy atom. The van der Waals surface area contributed by atoms with Crippen molar-refractivity contribution in [1.29, 1.82) is 0 Å². The minimum absolute atomic E-state index is 0. The summed E-state index contributed by atoms with van der Waals surface area (Å²) in [4.78, 5) is 0. The molecule has 0 spiro atoms. The van der Waals surface area contributed by atoms with Crippen LogP contribution >= 0.6 is 0 Å². The summed E-state index contributed by atoms with van der Waals surface area (Å²) in [7, 11) is 0. The Morgan fingerprint density at radius 2 is 1.94 bits per heavy atom. The fourth-order valence-electron chi connectivity index (χ4n) is 1.24. The molecule has 2 aliphatic rings. The van der Waals surface area contributed by atoms with Crippen LogP contribution in [0.5, 0.6) is 0 Å². The van der Waals surface area contributed by atoms with E-state index in [4.69, 9.17) is 0 Å². The molecule has 0 fully saturated rings. The van der Waals surface area contributed by atoms with Gasteiger partial charge in [0, 0.05) is 0 Å². The topological polar surface area (TPSA) is 0 Å².